The monoisotopic (exact) mass is 326 g/mol. The highest BCUT2D eigenvalue weighted by Crippen LogP contribution is 2.34. The van der Waals surface area contributed by atoms with Gasteiger partial charge in [0.15, 0.2) is 12.2 Å². The lowest BCUT2D eigenvalue weighted by molar-refractivity contribution is -0.130. The standard InChI is InChI=1S/C19H22N2O3/c1-13-9-14(11-19(2,3)10-13)21(4)17(22)12-23-18-20-15-7-5-6-8-16(15)24-18/h5-10H,11-12H2,1-4H3. The Balaban J connectivity index is 1.65. The first-order chi connectivity index (χ1) is 11.3. The van der Waals surface area contributed by atoms with Gasteiger partial charge in [-0.2, -0.15) is 4.98 Å². The Bertz CT molecular complexity index is 797. The van der Waals surface area contributed by atoms with E-state index in [-0.39, 0.29) is 24.0 Å². The minimum atomic E-state index is -0.131. The number of fused-ring (bicyclic) bond motifs is 1. The van der Waals surface area contributed by atoms with E-state index in [1.807, 2.05) is 37.3 Å². The number of oxazole rings is 1. The minimum absolute atomic E-state index is 0.0455. The van der Waals surface area contributed by atoms with Crippen LogP contribution in [-0.4, -0.2) is 29.4 Å². The van der Waals surface area contributed by atoms with Crippen LogP contribution >= 0.6 is 0 Å². The summed E-state index contributed by atoms with van der Waals surface area (Å²) in [6.45, 7) is 6.27. The van der Waals surface area contributed by atoms with Crippen LogP contribution in [-0.2, 0) is 4.79 Å². The number of likely N-dealkylation sites (N-methyl/N-ethyl adjacent to an activating group) is 1. The van der Waals surface area contributed by atoms with E-state index in [1.54, 1.807) is 11.9 Å². The largest absolute Gasteiger partial charge is 0.440 e. The highest BCUT2D eigenvalue weighted by Gasteiger charge is 2.25. The van der Waals surface area contributed by atoms with Crippen LogP contribution in [0.15, 0.2) is 52.1 Å². The van der Waals surface area contributed by atoms with Crippen molar-refractivity contribution in [3.63, 3.8) is 0 Å². The molecule has 0 unspecified atom stereocenters. The van der Waals surface area contributed by atoms with E-state index in [1.165, 1.54) is 5.57 Å². The molecule has 0 saturated heterocycles. The number of nitrogens with zero attached hydrogens (tertiary/aromatic N) is 2. The van der Waals surface area contributed by atoms with Crippen molar-refractivity contribution in [3.05, 3.63) is 47.7 Å². The normalized spacial score (nSPS) is 16.5. The molecular weight excluding hydrogens is 304 g/mol. The van der Waals surface area contributed by atoms with Crippen LogP contribution in [0.5, 0.6) is 6.08 Å². The highest BCUT2D eigenvalue weighted by atomic mass is 16.6. The molecule has 1 aromatic heterocycles. The first-order valence-corrected chi connectivity index (χ1v) is 7.99. The quantitative estimate of drug-likeness (QED) is 0.854. The third-order valence-corrected chi connectivity index (χ3v) is 4.05. The number of aromatic nitrogens is 1. The zero-order chi connectivity index (χ0) is 17.3. The van der Waals surface area contributed by atoms with Crippen LogP contribution in [0.1, 0.15) is 27.2 Å². The molecule has 126 valence electrons. The van der Waals surface area contributed by atoms with Gasteiger partial charge in [-0.05, 0) is 37.0 Å². The summed E-state index contributed by atoms with van der Waals surface area (Å²) in [5.41, 5.74) is 3.56. The Labute approximate surface area is 141 Å². The summed E-state index contributed by atoms with van der Waals surface area (Å²) in [5.74, 6) is -0.131. The third-order valence-electron chi connectivity index (χ3n) is 4.05. The molecule has 24 heavy (non-hydrogen) atoms. The van der Waals surface area contributed by atoms with Gasteiger partial charge in [0.2, 0.25) is 0 Å². The van der Waals surface area contributed by atoms with Crippen LogP contribution in [0.4, 0.5) is 0 Å². The summed E-state index contributed by atoms with van der Waals surface area (Å²) in [7, 11) is 1.78. The molecule has 1 aliphatic rings. The van der Waals surface area contributed by atoms with E-state index < -0.39 is 0 Å². The van der Waals surface area contributed by atoms with Gasteiger partial charge in [0.1, 0.15) is 5.52 Å². The summed E-state index contributed by atoms with van der Waals surface area (Å²) in [6, 6.07) is 7.39. The molecule has 0 aliphatic heterocycles. The van der Waals surface area contributed by atoms with E-state index in [0.717, 1.165) is 12.1 Å². The Hall–Kier alpha value is -2.56. The molecule has 5 nitrogen and oxygen atoms in total. The van der Waals surface area contributed by atoms with Crippen LogP contribution in [0, 0.1) is 5.41 Å². The molecule has 5 heteroatoms. The van der Waals surface area contributed by atoms with Gasteiger partial charge in [-0.1, -0.05) is 37.6 Å². The van der Waals surface area contributed by atoms with E-state index in [2.05, 4.69) is 24.9 Å². The van der Waals surface area contributed by atoms with Crippen molar-refractivity contribution in [3.8, 4) is 6.08 Å². The number of para-hydroxylation sites is 2. The maximum absolute atomic E-state index is 12.4. The Morgan fingerprint density at radius 3 is 2.83 bits per heavy atom. The molecule has 1 amide bonds. The first-order valence-electron chi connectivity index (χ1n) is 7.99. The SMILES string of the molecule is CC1=CC(C)(C)CC(N(C)C(=O)COc2nc3ccccc3o2)=C1. The topological polar surface area (TPSA) is 55.6 Å². The predicted molar refractivity (Wildman–Crippen MR) is 92.5 cm³/mol. The van der Waals surface area contributed by atoms with Crippen molar-refractivity contribution in [2.24, 2.45) is 5.41 Å². The van der Waals surface area contributed by atoms with Crippen molar-refractivity contribution < 1.29 is 13.9 Å². The zero-order valence-corrected chi connectivity index (χ0v) is 14.5. The molecule has 1 aliphatic carbocycles. The molecule has 0 bridgehead atoms. The fourth-order valence-electron chi connectivity index (χ4n) is 3.00. The lowest BCUT2D eigenvalue weighted by Gasteiger charge is -2.31. The van der Waals surface area contributed by atoms with E-state index >= 15 is 0 Å². The Morgan fingerprint density at radius 1 is 1.38 bits per heavy atom. The molecule has 0 N–H and O–H groups in total. The lowest BCUT2D eigenvalue weighted by atomic mass is 9.82. The van der Waals surface area contributed by atoms with Crippen LogP contribution in [0.25, 0.3) is 11.1 Å². The molecule has 0 spiro atoms. The molecule has 0 fully saturated rings. The Morgan fingerprint density at radius 2 is 2.12 bits per heavy atom. The summed E-state index contributed by atoms with van der Waals surface area (Å²) in [4.78, 5) is 18.3. The number of hydrogen-bond acceptors (Lipinski definition) is 4. The molecule has 1 heterocycles. The second kappa shape index (κ2) is 6.15. The van der Waals surface area contributed by atoms with Gasteiger partial charge in [0, 0.05) is 12.7 Å². The molecule has 3 rings (SSSR count). The maximum atomic E-state index is 12.4. The predicted octanol–water partition coefficient (Wildman–Crippen LogP) is 3.93. The van der Waals surface area contributed by atoms with Gasteiger partial charge in [-0.3, -0.25) is 4.79 Å². The number of hydrogen-bond donors (Lipinski definition) is 0. The number of allylic oxidation sites excluding steroid dienone is 4. The average Bonchev–Trinajstić information content (AvgIpc) is 2.92. The number of carbonyl (C=O) groups excluding carboxylic acids is 1. The van der Waals surface area contributed by atoms with Gasteiger partial charge >= 0.3 is 6.08 Å². The molecule has 1 aromatic carbocycles. The van der Waals surface area contributed by atoms with E-state index in [0.29, 0.717) is 11.1 Å². The van der Waals surface area contributed by atoms with Crippen molar-refractivity contribution >= 4 is 17.0 Å². The number of ether oxygens (including phenoxy) is 1. The van der Waals surface area contributed by atoms with E-state index in [9.17, 15) is 4.79 Å². The zero-order valence-electron chi connectivity index (χ0n) is 14.5. The molecule has 0 radical (unpaired) electrons. The van der Waals surface area contributed by atoms with Crippen molar-refractivity contribution in [2.75, 3.05) is 13.7 Å². The first kappa shape index (κ1) is 16.3. The van der Waals surface area contributed by atoms with Crippen molar-refractivity contribution in [2.45, 2.75) is 27.2 Å². The van der Waals surface area contributed by atoms with Crippen molar-refractivity contribution in [1.29, 1.82) is 0 Å². The lowest BCUT2D eigenvalue weighted by Crippen LogP contribution is -2.33. The smallest absolute Gasteiger partial charge is 0.395 e. The summed E-state index contributed by atoms with van der Waals surface area (Å²) in [5, 5.41) is 0. The second-order valence-electron chi connectivity index (χ2n) is 6.88. The van der Waals surface area contributed by atoms with Gasteiger partial charge in [-0.25, -0.2) is 0 Å². The molecule has 2 aromatic rings. The van der Waals surface area contributed by atoms with Gasteiger partial charge < -0.3 is 14.1 Å². The number of carbonyl (C=O) groups is 1. The third kappa shape index (κ3) is 3.50. The van der Waals surface area contributed by atoms with Gasteiger partial charge in [-0.15, -0.1) is 0 Å². The fraction of sp³-hybridized carbons (Fsp3) is 0.368. The Kier molecular flexibility index (Phi) is 4.18. The van der Waals surface area contributed by atoms with Crippen LogP contribution < -0.4 is 4.74 Å². The number of benzene rings is 1. The van der Waals surface area contributed by atoms with Gasteiger partial charge in [0.05, 0.1) is 0 Å². The summed E-state index contributed by atoms with van der Waals surface area (Å²) >= 11 is 0. The summed E-state index contributed by atoms with van der Waals surface area (Å²) in [6.07, 6.45) is 5.20. The fourth-order valence-corrected chi connectivity index (χ4v) is 3.00. The molecule has 0 saturated carbocycles. The molecular formula is C19H22N2O3. The number of rotatable bonds is 4. The van der Waals surface area contributed by atoms with Gasteiger partial charge in [0.25, 0.3) is 5.91 Å². The van der Waals surface area contributed by atoms with Crippen molar-refractivity contribution in [1.82, 2.24) is 9.88 Å². The molecule has 0 atom stereocenters. The summed E-state index contributed by atoms with van der Waals surface area (Å²) < 4.78 is 10.9. The maximum Gasteiger partial charge on any atom is 0.395 e. The highest BCUT2D eigenvalue weighted by molar-refractivity contribution is 5.79. The van der Waals surface area contributed by atoms with Crippen LogP contribution in [0.3, 0.4) is 0 Å². The second-order valence-corrected chi connectivity index (χ2v) is 6.88. The number of amides is 1. The average molecular weight is 326 g/mol. The minimum Gasteiger partial charge on any atom is -0.440 e. The van der Waals surface area contributed by atoms with E-state index in [4.69, 9.17) is 9.15 Å². The van der Waals surface area contributed by atoms with Crippen LogP contribution in [0.2, 0.25) is 0 Å².